The monoisotopic (exact) mass is 247 g/mol. The summed E-state index contributed by atoms with van der Waals surface area (Å²) in [5.74, 6) is 2.76. The first kappa shape index (κ1) is 11.8. The van der Waals surface area contributed by atoms with Crippen LogP contribution in [0.4, 0.5) is 0 Å². The van der Waals surface area contributed by atoms with E-state index in [1.807, 2.05) is 7.05 Å². The van der Waals surface area contributed by atoms with Gasteiger partial charge < -0.3 is 14.5 Å². The summed E-state index contributed by atoms with van der Waals surface area (Å²) in [4.78, 5) is 9.11. The highest BCUT2D eigenvalue weighted by atomic mass is 16.5. The predicted molar refractivity (Wildman–Crippen MR) is 72.2 cm³/mol. The Bertz CT molecular complexity index is 403. The molecular weight excluding hydrogens is 226 g/mol. The minimum atomic E-state index is 0.659. The second kappa shape index (κ2) is 4.76. The third kappa shape index (κ3) is 2.05. The van der Waals surface area contributed by atoms with Crippen LogP contribution in [0.2, 0.25) is 0 Å². The van der Waals surface area contributed by atoms with Crippen LogP contribution in [0.15, 0.2) is 29.3 Å². The van der Waals surface area contributed by atoms with Crippen LogP contribution >= 0.6 is 0 Å². The number of hydrogen-bond acceptors (Lipinski definition) is 4. The van der Waals surface area contributed by atoms with E-state index in [0.717, 1.165) is 32.1 Å². The molecule has 0 bridgehead atoms. The summed E-state index contributed by atoms with van der Waals surface area (Å²) >= 11 is 0. The molecule has 0 aromatic heterocycles. The summed E-state index contributed by atoms with van der Waals surface area (Å²) in [7, 11) is 2.05. The summed E-state index contributed by atoms with van der Waals surface area (Å²) in [5.41, 5.74) is 1.23. The first-order chi connectivity index (χ1) is 8.75. The smallest absolute Gasteiger partial charge is 0.126 e. The number of ether oxygens (including phenoxy) is 1. The maximum absolute atomic E-state index is 5.42. The third-order valence-electron chi connectivity index (χ3n) is 4.12. The summed E-state index contributed by atoms with van der Waals surface area (Å²) < 4.78 is 5.42. The lowest BCUT2D eigenvalue weighted by Crippen LogP contribution is -2.42. The zero-order chi connectivity index (χ0) is 12.5. The van der Waals surface area contributed by atoms with Crippen molar-refractivity contribution in [2.75, 3.05) is 33.4 Å². The average Bonchev–Trinajstić information content (AvgIpc) is 2.32. The molecule has 0 spiro atoms. The molecule has 4 heteroatoms. The summed E-state index contributed by atoms with van der Waals surface area (Å²) in [6.45, 7) is 7.62. The predicted octanol–water partition coefficient (Wildman–Crippen LogP) is 1.82. The molecule has 0 atom stereocenters. The Morgan fingerprint density at radius 2 is 2.06 bits per heavy atom. The highest BCUT2D eigenvalue weighted by Crippen LogP contribution is 2.32. The van der Waals surface area contributed by atoms with E-state index in [4.69, 9.17) is 4.74 Å². The fourth-order valence-electron chi connectivity index (χ4n) is 2.63. The molecule has 0 radical (unpaired) electrons. The minimum Gasteiger partial charge on any atom is -0.378 e. The highest BCUT2D eigenvalue weighted by molar-refractivity contribution is 5.99. The van der Waals surface area contributed by atoms with Crippen molar-refractivity contribution in [3.8, 4) is 0 Å². The standard InChI is InChI=1S/C14H21N3O/c1-11-15-13(12-4-3-5-12)10-14(16(11)2)17-6-8-18-9-7-17/h10,12H,1,3-9H2,2H3. The van der Waals surface area contributed by atoms with Gasteiger partial charge >= 0.3 is 0 Å². The Labute approximate surface area is 109 Å². The van der Waals surface area contributed by atoms with Crippen molar-refractivity contribution in [2.24, 2.45) is 10.9 Å². The number of nitrogens with zero attached hydrogens (tertiary/aromatic N) is 3. The number of aliphatic imine (C=N–C) groups is 1. The Morgan fingerprint density at radius 3 is 2.67 bits per heavy atom. The fraction of sp³-hybridized carbons (Fsp3) is 0.643. The van der Waals surface area contributed by atoms with Gasteiger partial charge in [-0.15, -0.1) is 0 Å². The number of morpholine rings is 1. The van der Waals surface area contributed by atoms with E-state index < -0.39 is 0 Å². The van der Waals surface area contributed by atoms with Crippen LogP contribution < -0.4 is 0 Å². The van der Waals surface area contributed by atoms with E-state index in [0.29, 0.717) is 5.92 Å². The van der Waals surface area contributed by atoms with Crippen LogP contribution in [0.25, 0.3) is 0 Å². The van der Waals surface area contributed by atoms with Gasteiger partial charge in [-0.05, 0) is 12.8 Å². The summed E-state index contributed by atoms with van der Waals surface area (Å²) in [6.07, 6.45) is 6.15. The summed E-state index contributed by atoms with van der Waals surface area (Å²) in [6, 6.07) is 0. The zero-order valence-electron chi connectivity index (χ0n) is 11.1. The minimum absolute atomic E-state index is 0.659. The topological polar surface area (TPSA) is 28.1 Å². The van der Waals surface area contributed by atoms with Crippen LogP contribution in [0.3, 0.4) is 0 Å². The van der Waals surface area contributed by atoms with Crippen molar-refractivity contribution in [1.82, 2.24) is 9.80 Å². The lowest BCUT2D eigenvalue weighted by atomic mass is 9.81. The highest BCUT2D eigenvalue weighted by Gasteiger charge is 2.28. The van der Waals surface area contributed by atoms with E-state index >= 15 is 0 Å². The third-order valence-corrected chi connectivity index (χ3v) is 4.12. The molecule has 0 unspecified atom stereocenters. The fourth-order valence-corrected chi connectivity index (χ4v) is 2.63. The molecule has 3 rings (SSSR count). The van der Waals surface area contributed by atoms with Crippen molar-refractivity contribution < 1.29 is 4.74 Å². The van der Waals surface area contributed by atoms with Crippen molar-refractivity contribution >= 4 is 5.71 Å². The molecule has 0 aromatic carbocycles. The lowest BCUT2D eigenvalue weighted by molar-refractivity contribution is 0.0426. The van der Waals surface area contributed by atoms with Crippen LogP contribution in [0, 0.1) is 5.92 Å². The Kier molecular flexibility index (Phi) is 3.12. The van der Waals surface area contributed by atoms with Gasteiger partial charge in [-0.1, -0.05) is 13.0 Å². The van der Waals surface area contributed by atoms with Gasteiger partial charge in [0.15, 0.2) is 0 Å². The first-order valence-corrected chi connectivity index (χ1v) is 6.81. The number of rotatable bonds is 2. The van der Waals surface area contributed by atoms with Crippen molar-refractivity contribution in [1.29, 1.82) is 0 Å². The maximum atomic E-state index is 5.42. The Balaban J connectivity index is 1.82. The first-order valence-electron chi connectivity index (χ1n) is 6.81. The van der Waals surface area contributed by atoms with Crippen LogP contribution in [0.5, 0.6) is 0 Å². The molecule has 2 aliphatic heterocycles. The Hall–Kier alpha value is -1.29. The molecule has 1 saturated heterocycles. The average molecular weight is 247 g/mol. The van der Waals surface area contributed by atoms with Gasteiger partial charge in [-0.25, -0.2) is 4.99 Å². The maximum Gasteiger partial charge on any atom is 0.126 e. The SMILES string of the molecule is C=C1N=C(C2CCC2)C=C(N2CCOCC2)N1C. The van der Waals surface area contributed by atoms with Crippen molar-refractivity contribution in [3.63, 3.8) is 0 Å². The van der Waals surface area contributed by atoms with E-state index in [9.17, 15) is 0 Å². The van der Waals surface area contributed by atoms with E-state index in [-0.39, 0.29) is 0 Å². The molecular formula is C14H21N3O. The van der Waals surface area contributed by atoms with Gasteiger partial charge in [0, 0.05) is 37.8 Å². The molecule has 0 amide bonds. The van der Waals surface area contributed by atoms with Gasteiger partial charge in [-0.2, -0.15) is 0 Å². The molecule has 1 saturated carbocycles. The van der Waals surface area contributed by atoms with E-state index in [1.165, 1.54) is 30.8 Å². The van der Waals surface area contributed by atoms with Crippen LogP contribution in [-0.2, 0) is 4.74 Å². The van der Waals surface area contributed by atoms with E-state index in [1.54, 1.807) is 0 Å². The lowest BCUT2D eigenvalue weighted by Gasteiger charge is -2.39. The zero-order valence-corrected chi connectivity index (χ0v) is 11.1. The molecule has 98 valence electrons. The number of hydrogen-bond donors (Lipinski definition) is 0. The molecule has 0 N–H and O–H groups in total. The van der Waals surface area contributed by atoms with Crippen molar-refractivity contribution in [2.45, 2.75) is 19.3 Å². The Morgan fingerprint density at radius 1 is 1.33 bits per heavy atom. The molecule has 4 nitrogen and oxygen atoms in total. The second-order valence-corrected chi connectivity index (χ2v) is 5.24. The molecule has 2 heterocycles. The van der Waals surface area contributed by atoms with Gasteiger partial charge in [-0.3, -0.25) is 0 Å². The second-order valence-electron chi connectivity index (χ2n) is 5.24. The number of allylic oxidation sites excluding steroid dienone is 1. The molecule has 18 heavy (non-hydrogen) atoms. The van der Waals surface area contributed by atoms with Gasteiger partial charge in [0.2, 0.25) is 0 Å². The molecule has 0 aromatic rings. The van der Waals surface area contributed by atoms with Gasteiger partial charge in [0.1, 0.15) is 11.6 Å². The van der Waals surface area contributed by atoms with E-state index in [2.05, 4.69) is 27.4 Å². The molecule has 1 aliphatic carbocycles. The van der Waals surface area contributed by atoms with Crippen LogP contribution in [0.1, 0.15) is 19.3 Å². The quantitative estimate of drug-likeness (QED) is 0.745. The van der Waals surface area contributed by atoms with Crippen LogP contribution in [-0.4, -0.2) is 48.9 Å². The molecule has 2 fully saturated rings. The normalized spacial score (nSPS) is 25.7. The van der Waals surface area contributed by atoms with Gasteiger partial charge in [0.05, 0.1) is 13.2 Å². The summed E-state index contributed by atoms with van der Waals surface area (Å²) in [5, 5.41) is 0. The van der Waals surface area contributed by atoms with Gasteiger partial charge in [0.25, 0.3) is 0 Å². The van der Waals surface area contributed by atoms with Crippen molar-refractivity contribution in [3.05, 3.63) is 24.3 Å². The molecule has 3 aliphatic rings. The largest absolute Gasteiger partial charge is 0.378 e.